The van der Waals surface area contributed by atoms with Crippen molar-refractivity contribution < 1.29 is 14.3 Å². The van der Waals surface area contributed by atoms with Gasteiger partial charge in [-0.15, -0.1) is 0 Å². The average Bonchev–Trinajstić information content (AvgIpc) is 2.65. The first-order valence-electron chi connectivity index (χ1n) is 9.08. The molecule has 3 aromatic rings. The van der Waals surface area contributed by atoms with Crippen LogP contribution in [0.25, 0.3) is 21.9 Å². The lowest BCUT2D eigenvalue weighted by Crippen LogP contribution is -2.17. The van der Waals surface area contributed by atoms with Crippen molar-refractivity contribution >= 4 is 16.7 Å². The Morgan fingerprint density at radius 2 is 1.59 bits per heavy atom. The third-order valence-electron chi connectivity index (χ3n) is 5.02. The third-order valence-corrected chi connectivity index (χ3v) is 5.02. The fourth-order valence-electron chi connectivity index (χ4n) is 3.61. The molecule has 0 N–H and O–H groups in total. The van der Waals surface area contributed by atoms with Gasteiger partial charge in [0.15, 0.2) is 0 Å². The highest BCUT2D eigenvalue weighted by Gasteiger charge is 2.28. The van der Waals surface area contributed by atoms with E-state index >= 15 is 0 Å². The van der Waals surface area contributed by atoms with E-state index in [2.05, 4.69) is 57.2 Å². The summed E-state index contributed by atoms with van der Waals surface area (Å²) >= 11 is 0. The van der Waals surface area contributed by atoms with Crippen molar-refractivity contribution in [3.8, 4) is 16.9 Å². The number of hydrogen-bond donors (Lipinski definition) is 0. The topological polar surface area (TPSA) is 35.5 Å². The number of esters is 1. The van der Waals surface area contributed by atoms with E-state index in [1.807, 2.05) is 19.1 Å². The van der Waals surface area contributed by atoms with Gasteiger partial charge in [-0.2, -0.15) is 0 Å². The zero-order chi connectivity index (χ0) is 19.8. The number of fused-ring (bicyclic) bond motifs is 1. The maximum atomic E-state index is 12.6. The summed E-state index contributed by atoms with van der Waals surface area (Å²) in [5, 5.41) is 2.33. The highest BCUT2D eigenvalue weighted by Crippen LogP contribution is 2.42. The quantitative estimate of drug-likeness (QED) is 0.544. The van der Waals surface area contributed by atoms with Crippen LogP contribution in [0.2, 0.25) is 0 Å². The zero-order valence-electron chi connectivity index (χ0n) is 16.8. The van der Waals surface area contributed by atoms with Crippen molar-refractivity contribution in [2.75, 3.05) is 14.2 Å². The molecular weight excluding hydrogens is 336 g/mol. The molecule has 0 aromatic heterocycles. The fraction of sp³-hybridized carbons (Fsp3) is 0.292. The van der Waals surface area contributed by atoms with Crippen LogP contribution in [-0.2, 0) is 10.2 Å². The highest BCUT2D eigenvalue weighted by molar-refractivity contribution is 6.02. The molecule has 27 heavy (non-hydrogen) atoms. The Kier molecular flexibility index (Phi) is 4.97. The molecule has 3 aromatic carbocycles. The van der Waals surface area contributed by atoms with Gasteiger partial charge in [0.1, 0.15) is 11.3 Å². The van der Waals surface area contributed by atoms with E-state index in [1.165, 1.54) is 12.5 Å². The fourth-order valence-corrected chi connectivity index (χ4v) is 3.61. The molecule has 0 bridgehead atoms. The maximum Gasteiger partial charge on any atom is 0.341 e. The van der Waals surface area contributed by atoms with Crippen LogP contribution in [0.5, 0.6) is 5.75 Å². The van der Waals surface area contributed by atoms with Crippen molar-refractivity contribution in [2.45, 2.75) is 33.1 Å². The number of carbonyl (C=O) groups excluding carboxylic acids is 1. The second-order valence-corrected chi connectivity index (χ2v) is 7.77. The molecule has 0 spiro atoms. The van der Waals surface area contributed by atoms with Gasteiger partial charge in [0.2, 0.25) is 0 Å². The number of ether oxygens (including phenoxy) is 2. The maximum absolute atomic E-state index is 12.6. The summed E-state index contributed by atoms with van der Waals surface area (Å²) in [7, 11) is 3.01. The van der Waals surface area contributed by atoms with Gasteiger partial charge in [0.05, 0.1) is 14.2 Å². The Bertz CT molecular complexity index is 1000. The summed E-state index contributed by atoms with van der Waals surface area (Å²) in [6.45, 7) is 8.31. The third kappa shape index (κ3) is 3.30. The molecule has 0 fully saturated rings. The summed E-state index contributed by atoms with van der Waals surface area (Å²) < 4.78 is 10.8. The van der Waals surface area contributed by atoms with Crippen LogP contribution in [0.1, 0.15) is 42.3 Å². The van der Waals surface area contributed by atoms with Crippen molar-refractivity contribution in [1.29, 1.82) is 0 Å². The van der Waals surface area contributed by atoms with E-state index < -0.39 is 0 Å². The molecular formula is C24H26O3. The van der Waals surface area contributed by atoms with Gasteiger partial charge in [-0.25, -0.2) is 4.79 Å². The SMILES string of the molecule is COC(=O)c1c(C)c(-c2cccc3ccccc23)cc(C(C)(C)C)c1OC. The molecule has 0 aliphatic carbocycles. The van der Waals surface area contributed by atoms with Gasteiger partial charge in [0.25, 0.3) is 0 Å². The number of benzene rings is 3. The summed E-state index contributed by atoms with van der Waals surface area (Å²) in [6.07, 6.45) is 0. The summed E-state index contributed by atoms with van der Waals surface area (Å²) in [4.78, 5) is 12.6. The molecule has 3 rings (SSSR count). The Morgan fingerprint density at radius 3 is 2.22 bits per heavy atom. The Hall–Kier alpha value is -2.81. The van der Waals surface area contributed by atoms with Crippen molar-refractivity contribution in [2.24, 2.45) is 0 Å². The minimum absolute atomic E-state index is 0.193. The Balaban J connectivity index is 2.45. The zero-order valence-corrected chi connectivity index (χ0v) is 16.8. The standard InChI is InChI=1S/C24H26O3/c1-15-19(18-13-9-11-16-10-7-8-12-17(16)18)14-20(24(2,3)4)22(26-5)21(15)23(25)27-6/h7-14H,1-6H3. The first-order chi connectivity index (χ1) is 12.8. The van der Waals surface area contributed by atoms with Gasteiger partial charge < -0.3 is 9.47 Å². The predicted octanol–water partition coefficient (Wildman–Crippen LogP) is 5.91. The lowest BCUT2D eigenvalue weighted by atomic mass is 9.80. The van der Waals surface area contributed by atoms with Gasteiger partial charge in [-0.05, 0) is 45.9 Å². The first kappa shape index (κ1) is 19.0. The highest BCUT2D eigenvalue weighted by atomic mass is 16.5. The van der Waals surface area contributed by atoms with Gasteiger partial charge >= 0.3 is 5.97 Å². The average molecular weight is 362 g/mol. The van der Waals surface area contributed by atoms with Gasteiger partial charge in [-0.3, -0.25) is 0 Å². The number of carbonyl (C=O) groups is 1. The molecule has 0 amide bonds. The van der Waals surface area contributed by atoms with Gasteiger partial charge in [0, 0.05) is 5.56 Å². The van der Waals surface area contributed by atoms with Crippen LogP contribution < -0.4 is 4.74 Å². The Morgan fingerprint density at radius 1 is 0.926 bits per heavy atom. The van der Waals surface area contributed by atoms with Crippen LogP contribution in [0.15, 0.2) is 48.5 Å². The van der Waals surface area contributed by atoms with Crippen LogP contribution in [0, 0.1) is 6.92 Å². The van der Waals surface area contributed by atoms with Crippen molar-refractivity contribution in [1.82, 2.24) is 0 Å². The second kappa shape index (κ2) is 7.07. The number of rotatable bonds is 3. The van der Waals surface area contributed by atoms with Gasteiger partial charge in [-0.1, -0.05) is 63.2 Å². The molecule has 0 aliphatic heterocycles. The van der Waals surface area contributed by atoms with E-state index in [0.717, 1.165) is 27.6 Å². The van der Waals surface area contributed by atoms with Crippen LogP contribution in [-0.4, -0.2) is 20.2 Å². The number of hydrogen-bond acceptors (Lipinski definition) is 3. The molecule has 0 radical (unpaired) electrons. The van der Waals surface area contributed by atoms with Crippen LogP contribution in [0.3, 0.4) is 0 Å². The van der Waals surface area contributed by atoms with E-state index in [9.17, 15) is 4.79 Å². The number of methoxy groups -OCH3 is 2. The van der Waals surface area contributed by atoms with E-state index in [4.69, 9.17) is 9.47 Å². The molecule has 0 aliphatic rings. The van der Waals surface area contributed by atoms with E-state index in [1.54, 1.807) is 7.11 Å². The molecule has 140 valence electrons. The summed E-state index contributed by atoms with van der Waals surface area (Å²) in [5.74, 6) is 0.216. The minimum Gasteiger partial charge on any atom is -0.496 e. The lowest BCUT2D eigenvalue weighted by Gasteiger charge is -2.26. The first-order valence-corrected chi connectivity index (χ1v) is 9.08. The Labute approximate surface area is 160 Å². The molecule has 3 nitrogen and oxygen atoms in total. The summed E-state index contributed by atoms with van der Waals surface area (Å²) in [6, 6.07) is 16.7. The van der Waals surface area contributed by atoms with Crippen molar-refractivity contribution in [3.63, 3.8) is 0 Å². The molecule has 3 heteroatoms. The molecule has 0 atom stereocenters. The lowest BCUT2D eigenvalue weighted by molar-refractivity contribution is 0.0596. The van der Waals surface area contributed by atoms with Crippen LogP contribution in [0.4, 0.5) is 0 Å². The largest absolute Gasteiger partial charge is 0.496 e. The molecule has 0 saturated heterocycles. The summed E-state index contributed by atoms with van der Waals surface area (Å²) in [5.41, 5.74) is 4.28. The van der Waals surface area contributed by atoms with Crippen molar-refractivity contribution in [3.05, 3.63) is 65.2 Å². The predicted molar refractivity (Wildman–Crippen MR) is 111 cm³/mol. The smallest absolute Gasteiger partial charge is 0.341 e. The van der Waals surface area contributed by atoms with E-state index in [-0.39, 0.29) is 11.4 Å². The normalized spacial score (nSPS) is 11.5. The minimum atomic E-state index is -0.378. The second-order valence-electron chi connectivity index (χ2n) is 7.77. The molecule has 0 unspecified atom stereocenters. The monoisotopic (exact) mass is 362 g/mol. The van der Waals surface area contributed by atoms with Crippen LogP contribution >= 0.6 is 0 Å². The molecule has 0 heterocycles. The molecule has 0 saturated carbocycles. The van der Waals surface area contributed by atoms with E-state index in [0.29, 0.717) is 11.3 Å².